The molecule has 0 saturated heterocycles. The number of imide groups is 1. The molecule has 0 aromatic heterocycles. The topological polar surface area (TPSA) is 58.5 Å². The van der Waals surface area contributed by atoms with Crippen molar-refractivity contribution in [1.29, 1.82) is 0 Å². The van der Waals surface area contributed by atoms with Gasteiger partial charge in [-0.05, 0) is 12.8 Å². The van der Waals surface area contributed by atoms with E-state index >= 15 is 0 Å². The highest BCUT2D eigenvalue weighted by Gasteiger charge is 1.97. The van der Waals surface area contributed by atoms with Gasteiger partial charge >= 0.3 is 6.03 Å². The highest BCUT2D eigenvalue weighted by Crippen LogP contribution is 1.71. The Hall–Kier alpha value is -1.45. The van der Waals surface area contributed by atoms with Gasteiger partial charge in [-0.15, -0.1) is 0 Å². The lowest BCUT2D eigenvalue weighted by Gasteiger charge is -1.90. The first kappa shape index (κ1) is 7.55. The number of aliphatic imine (C=N–C) groups is 1. The summed E-state index contributed by atoms with van der Waals surface area (Å²) in [4.78, 5) is 23.3. The number of carbonyl (C=O) groups is 2. The molecule has 0 aromatic carbocycles. The molecule has 0 aliphatic heterocycles. The standard InChI is InChI=1S/C5H6N2O2/c1-3-4(8)7-5(9)6-2/h3H,1-2H2,(H,7,8,9). The molecule has 0 aliphatic carbocycles. The SMILES string of the molecule is C=CC(=O)NC(=O)N=C. The van der Waals surface area contributed by atoms with Gasteiger partial charge in [0.1, 0.15) is 0 Å². The predicted octanol–water partition coefficient (Wildman–Crippen LogP) is 0.109. The summed E-state index contributed by atoms with van der Waals surface area (Å²) in [7, 11) is 0. The second-order valence-electron chi connectivity index (χ2n) is 1.16. The van der Waals surface area contributed by atoms with E-state index in [9.17, 15) is 9.59 Å². The zero-order chi connectivity index (χ0) is 7.28. The molecule has 0 atom stereocenters. The number of nitrogens with one attached hydrogen (secondary N) is 1. The summed E-state index contributed by atoms with van der Waals surface area (Å²) in [5, 5.41) is 1.85. The summed E-state index contributed by atoms with van der Waals surface area (Å²) >= 11 is 0. The van der Waals surface area contributed by atoms with E-state index < -0.39 is 11.9 Å². The van der Waals surface area contributed by atoms with Crippen molar-refractivity contribution < 1.29 is 9.59 Å². The Morgan fingerprint density at radius 2 is 2.11 bits per heavy atom. The van der Waals surface area contributed by atoms with E-state index in [0.717, 1.165) is 6.08 Å². The zero-order valence-electron chi connectivity index (χ0n) is 4.76. The molecule has 0 heterocycles. The first-order valence-corrected chi connectivity index (χ1v) is 2.15. The Kier molecular flexibility index (Phi) is 2.97. The van der Waals surface area contributed by atoms with Crippen LogP contribution >= 0.6 is 0 Å². The number of rotatable bonds is 1. The molecule has 0 aromatic rings. The molecular formula is C5H6N2O2. The van der Waals surface area contributed by atoms with Crippen molar-refractivity contribution in [3.05, 3.63) is 12.7 Å². The smallest absolute Gasteiger partial charge is 0.273 e. The summed E-state index contributed by atoms with van der Waals surface area (Å²) in [6.45, 7) is 6.02. The number of amides is 3. The fraction of sp³-hybridized carbons (Fsp3) is 0. The van der Waals surface area contributed by atoms with E-state index in [0.29, 0.717) is 0 Å². The predicted molar refractivity (Wildman–Crippen MR) is 33.3 cm³/mol. The largest absolute Gasteiger partial charge is 0.347 e. The van der Waals surface area contributed by atoms with Crippen LogP contribution in [-0.4, -0.2) is 18.7 Å². The number of hydrogen-bond acceptors (Lipinski definition) is 2. The van der Waals surface area contributed by atoms with E-state index in [-0.39, 0.29) is 0 Å². The average molecular weight is 126 g/mol. The minimum atomic E-state index is -0.764. The van der Waals surface area contributed by atoms with Gasteiger partial charge in [0.25, 0.3) is 5.91 Å². The van der Waals surface area contributed by atoms with Crippen molar-refractivity contribution in [2.24, 2.45) is 4.99 Å². The molecule has 1 N–H and O–H groups in total. The van der Waals surface area contributed by atoms with Gasteiger partial charge in [0.15, 0.2) is 0 Å². The molecule has 0 rings (SSSR count). The van der Waals surface area contributed by atoms with E-state index in [2.05, 4.69) is 18.3 Å². The third-order valence-corrected chi connectivity index (χ3v) is 0.559. The fourth-order valence-electron chi connectivity index (χ4n) is 0.196. The Labute approximate surface area is 52.3 Å². The summed E-state index contributed by atoms with van der Waals surface area (Å²) < 4.78 is 0. The summed E-state index contributed by atoms with van der Waals surface area (Å²) in [6.07, 6.45) is 0.975. The summed E-state index contributed by atoms with van der Waals surface area (Å²) in [6, 6.07) is -0.764. The van der Waals surface area contributed by atoms with Crippen LogP contribution in [0.5, 0.6) is 0 Å². The third kappa shape index (κ3) is 3.16. The van der Waals surface area contributed by atoms with Crippen molar-refractivity contribution >= 4 is 18.7 Å². The maximum atomic E-state index is 10.2. The van der Waals surface area contributed by atoms with Gasteiger partial charge < -0.3 is 0 Å². The second-order valence-corrected chi connectivity index (χ2v) is 1.16. The molecule has 48 valence electrons. The van der Waals surface area contributed by atoms with Crippen molar-refractivity contribution in [2.45, 2.75) is 0 Å². The number of carbonyl (C=O) groups excluding carboxylic acids is 2. The van der Waals surface area contributed by atoms with Crippen LogP contribution < -0.4 is 5.32 Å². The van der Waals surface area contributed by atoms with Crippen LogP contribution in [0.4, 0.5) is 4.79 Å². The number of urea groups is 1. The molecule has 3 amide bonds. The Morgan fingerprint density at radius 3 is 2.44 bits per heavy atom. The van der Waals surface area contributed by atoms with Crippen LogP contribution in [0.1, 0.15) is 0 Å². The quantitative estimate of drug-likeness (QED) is 0.400. The van der Waals surface area contributed by atoms with E-state index in [1.165, 1.54) is 0 Å². The maximum absolute atomic E-state index is 10.2. The molecule has 4 nitrogen and oxygen atoms in total. The molecule has 9 heavy (non-hydrogen) atoms. The highest BCUT2D eigenvalue weighted by molar-refractivity contribution is 6.01. The molecule has 0 unspecified atom stereocenters. The lowest BCUT2D eigenvalue weighted by molar-refractivity contribution is -0.115. The average Bonchev–Trinajstić information content (AvgIpc) is 1.87. The first-order valence-electron chi connectivity index (χ1n) is 2.15. The van der Waals surface area contributed by atoms with Gasteiger partial charge in [-0.25, -0.2) is 9.79 Å². The molecule has 0 fully saturated rings. The number of hydrogen-bond donors (Lipinski definition) is 1. The van der Waals surface area contributed by atoms with Crippen LogP contribution in [0.25, 0.3) is 0 Å². The minimum Gasteiger partial charge on any atom is -0.273 e. The molecule has 0 bridgehead atoms. The summed E-state index contributed by atoms with van der Waals surface area (Å²) in [5.41, 5.74) is 0. The van der Waals surface area contributed by atoms with Gasteiger partial charge in [0.05, 0.1) is 0 Å². The zero-order valence-corrected chi connectivity index (χ0v) is 4.76. The Bertz CT molecular complexity index is 144. The molecular weight excluding hydrogens is 120 g/mol. The van der Waals surface area contributed by atoms with Crippen molar-refractivity contribution in [1.82, 2.24) is 5.32 Å². The van der Waals surface area contributed by atoms with Crippen LogP contribution in [-0.2, 0) is 4.79 Å². The molecule has 0 radical (unpaired) electrons. The molecule has 0 aliphatic rings. The van der Waals surface area contributed by atoms with Gasteiger partial charge in [-0.2, -0.15) is 0 Å². The van der Waals surface area contributed by atoms with Crippen molar-refractivity contribution in [3.8, 4) is 0 Å². The second kappa shape index (κ2) is 3.54. The van der Waals surface area contributed by atoms with Gasteiger partial charge in [-0.1, -0.05) is 6.58 Å². The van der Waals surface area contributed by atoms with Gasteiger partial charge in [0, 0.05) is 0 Å². The minimum absolute atomic E-state index is 0.576. The fourth-order valence-corrected chi connectivity index (χ4v) is 0.196. The highest BCUT2D eigenvalue weighted by atomic mass is 16.2. The number of nitrogens with zero attached hydrogens (tertiary/aromatic N) is 1. The van der Waals surface area contributed by atoms with Gasteiger partial charge in [0.2, 0.25) is 0 Å². The normalized spacial score (nSPS) is 7.56. The maximum Gasteiger partial charge on any atom is 0.347 e. The third-order valence-electron chi connectivity index (χ3n) is 0.559. The van der Waals surface area contributed by atoms with Crippen molar-refractivity contribution in [3.63, 3.8) is 0 Å². The van der Waals surface area contributed by atoms with E-state index in [1.807, 2.05) is 5.32 Å². The van der Waals surface area contributed by atoms with Crippen LogP contribution in [0.2, 0.25) is 0 Å². The van der Waals surface area contributed by atoms with Gasteiger partial charge in [-0.3, -0.25) is 10.1 Å². The lowest BCUT2D eigenvalue weighted by atomic mass is 10.6. The Morgan fingerprint density at radius 1 is 1.56 bits per heavy atom. The molecule has 4 heteroatoms. The monoisotopic (exact) mass is 126 g/mol. The molecule has 0 spiro atoms. The molecule has 0 saturated carbocycles. The van der Waals surface area contributed by atoms with Crippen LogP contribution in [0.15, 0.2) is 17.6 Å². The van der Waals surface area contributed by atoms with Crippen LogP contribution in [0, 0.1) is 0 Å². The van der Waals surface area contributed by atoms with E-state index in [4.69, 9.17) is 0 Å². The van der Waals surface area contributed by atoms with E-state index in [1.54, 1.807) is 0 Å². The first-order chi connectivity index (χ1) is 4.20. The van der Waals surface area contributed by atoms with Crippen molar-refractivity contribution in [2.75, 3.05) is 0 Å². The summed E-state index contributed by atoms with van der Waals surface area (Å²) in [5.74, 6) is -0.576. The van der Waals surface area contributed by atoms with Crippen LogP contribution in [0.3, 0.4) is 0 Å². The Balaban J connectivity index is 3.73. The lowest BCUT2D eigenvalue weighted by Crippen LogP contribution is -2.25.